The molecule has 0 aliphatic carbocycles. The molecule has 1 aliphatic rings. The number of hydrogen-bond donors (Lipinski definition) is 1. The highest BCUT2D eigenvalue weighted by Gasteiger charge is 2.24. The lowest BCUT2D eigenvalue weighted by molar-refractivity contribution is 0.0746. The first kappa shape index (κ1) is 21.1. The summed E-state index contributed by atoms with van der Waals surface area (Å²) in [5.74, 6) is 0.651. The maximum atomic E-state index is 12.9. The Hall–Kier alpha value is -2.58. The zero-order valence-corrected chi connectivity index (χ0v) is 17.6. The zero-order valence-electron chi connectivity index (χ0n) is 16.8. The SMILES string of the molecule is CCCNS(=O)(=O)c1cccc(C(=O)N2CCN(c3cccc(OC)c3)CC2)c1. The van der Waals surface area contributed by atoms with Crippen molar-refractivity contribution in [2.24, 2.45) is 0 Å². The van der Waals surface area contributed by atoms with E-state index in [-0.39, 0.29) is 10.8 Å². The first-order chi connectivity index (χ1) is 13.9. The summed E-state index contributed by atoms with van der Waals surface area (Å²) < 4.78 is 32.5. The monoisotopic (exact) mass is 417 g/mol. The summed E-state index contributed by atoms with van der Waals surface area (Å²) in [4.78, 5) is 17.0. The van der Waals surface area contributed by atoms with Crippen molar-refractivity contribution in [1.82, 2.24) is 9.62 Å². The Morgan fingerprint density at radius 1 is 1.07 bits per heavy atom. The number of rotatable bonds is 7. The van der Waals surface area contributed by atoms with Crippen molar-refractivity contribution in [3.63, 3.8) is 0 Å². The molecule has 0 saturated carbocycles. The van der Waals surface area contributed by atoms with Crippen LogP contribution in [0.1, 0.15) is 23.7 Å². The summed E-state index contributed by atoms with van der Waals surface area (Å²) in [5.41, 5.74) is 1.45. The van der Waals surface area contributed by atoms with E-state index < -0.39 is 10.0 Å². The van der Waals surface area contributed by atoms with Crippen LogP contribution in [0.5, 0.6) is 5.75 Å². The number of piperazine rings is 1. The fraction of sp³-hybridized carbons (Fsp3) is 0.381. The average molecular weight is 418 g/mol. The smallest absolute Gasteiger partial charge is 0.254 e. The number of methoxy groups -OCH3 is 1. The Morgan fingerprint density at radius 2 is 1.79 bits per heavy atom. The molecule has 29 heavy (non-hydrogen) atoms. The molecule has 1 aliphatic heterocycles. The summed E-state index contributed by atoms with van der Waals surface area (Å²) in [5, 5.41) is 0. The van der Waals surface area contributed by atoms with E-state index in [4.69, 9.17) is 4.74 Å². The van der Waals surface area contributed by atoms with Crippen molar-refractivity contribution in [2.45, 2.75) is 18.2 Å². The van der Waals surface area contributed by atoms with Gasteiger partial charge in [0, 0.05) is 50.0 Å². The fourth-order valence-corrected chi connectivity index (χ4v) is 4.45. The van der Waals surface area contributed by atoms with E-state index in [1.54, 1.807) is 24.1 Å². The highest BCUT2D eigenvalue weighted by Crippen LogP contribution is 2.23. The first-order valence-corrected chi connectivity index (χ1v) is 11.2. The van der Waals surface area contributed by atoms with Crippen LogP contribution >= 0.6 is 0 Å². The van der Waals surface area contributed by atoms with Crippen molar-refractivity contribution in [1.29, 1.82) is 0 Å². The van der Waals surface area contributed by atoms with Gasteiger partial charge in [0.2, 0.25) is 10.0 Å². The Balaban J connectivity index is 1.67. The summed E-state index contributed by atoms with van der Waals surface area (Å²) in [6.45, 7) is 4.81. The van der Waals surface area contributed by atoms with Gasteiger partial charge in [-0.3, -0.25) is 4.79 Å². The average Bonchev–Trinajstić information content (AvgIpc) is 2.77. The highest BCUT2D eigenvalue weighted by atomic mass is 32.2. The lowest BCUT2D eigenvalue weighted by Crippen LogP contribution is -2.48. The molecule has 0 unspecified atom stereocenters. The van der Waals surface area contributed by atoms with Crippen LogP contribution in [0.25, 0.3) is 0 Å². The molecule has 7 nitrogen and oxygen atoms in total. The predicted octanol–water partition coefficient (Wildman–Crippen LogP) is 2.35. The van der Waals surface area contributed by atoms with E-state index in [1.165, 1.54) is 12.1 Å². The van der Waals surface area contributed by atoms with Gasteiger partial charge in [0.05, 0.1) is 12.0 Å². The van der Waals surface area contributed by atoms with Gasteiger partial charge in [-0.2, -0.15) is 0 Å². The molecule has 2 aromatic rings. The molecule has 8 heteroatoms. The summed E-state index contributed by atoms with van der Waals surface area (Å²) in [7, 11) is -1.96. The molecule has 1 heterocycles. The topological polar surface area (TPSA) is 79.0 Å². The molecule has 0 atom stereocenters. The number of anilines is 1. The summed E-state index contributed by atoms with van der Waals surface area (Å²) >= 11 is 0. The van der Waals surface area contributed by atoms with Crippen molar-refractivity contribution in [2.75, 3.05) is 44.7 Å². The van der Waals surface area contributed by atoms with Gasteiger partial charge in [-0.25, -0.2) is 13.1 Å². The van der Waals surface area contributed by atoms with Gasteiger partial charge in [-0.05, 0) is 36.8 Å². The van der Waals surface area contributed by atoms with Crippen LogP contribution < -0.4 is 14.4 Å². The van der Waals surface area contributed by atoms with Gasteiger partial charge in [0.25, 0.3) is 5.91 Å². The quantitative estimate of drug-likeness (QED) is 0.748. The molecule has 1 N–H and O–H groups in total. The number of nitrogens with one attached hydrogen (secondary N) is 1. The van der Waals surface area contributed by atoms with E-state index in [2.05, 4.69) is 9.62 Å². The Bertz CT molecular complexity index is 954. The molecule has 0 radical (unpaired) electrons. The van der Waals surface area contributed by atoms with Crippen molar-refractivity contribution < 1.29 is 17.9 Å². The molecular weight excluding hydrogens is 390 g/mol. The number of amides is 1. The number of nitrogens with zero attached hydrogens (tertiary/aromatic N) is 2. The highest BCUT2D eigenvalue weighted by molar-refractivity contribution is 7.89. The molecule has 1 amide bonds. The van der Waals surface area contributed by atoms with E-state index in [9.17, 15) is 13.2 Å². The standard InChI is InChI=1S/C21H27N3O4S/c1-3-10-22-29(26,27)20-9-4-6-17(15-20)21(25)24-13-11-23(12-14-24)18-7-5-8-19(16-18)28-2/h4-9,15-16,22H,3,10-14H2,1-2H3. The first-order valence-electron chi connectivity index (χ1n) is 9.72. The second-order valence-electron chi connectivity index (χ2n) is 6.91. The third kappa shape index (κ3) is 5.07. The van der Waals surface area contributed by atoms with Gasteiger partial charge >= 0.3 is 0 Å². The molecule has 3 rings (SSSR count). The minimum atomic E-state index is -3.60. The Kier molecular flexibility index (Phi) is 6.76. The normalized spacial score (nSPS) is 14.7. The minimum Gasteiger partial charge on any atom is -0.497 e. The van der Waals surface area contributed by atoms with Crippen LogP contribution in [0.2, 0.25) is 0 Å². The molecule has 0 bridgehead atoms. The number of carbonyl (C=O) groups is 1. The number of sulfonamides is 1. The van der Waals surface area contributed by atoms with Crippen LogP contribution in [0.4, 0.5) is 5.69 Å². The van der Waals surface area contributed by atoms with E-state index in [1.807, 2.05) is 31.2 Å². The molecule has 0 spiro atoms. The number of carbonyl (C=O) groups excluding carboxylic acids is 1. The molecule has 1 fully saturated rings. The minimum absolute atomic E-state index is 0.117. The molecular formula is C21H27N3O4S. The second kappa shape index (κ2) is 9.28. The van der Waals surface area contributed by atoms with Gasteiger partial charge in [0.15, 0.2) is 0 Å². The van der Waals surface area contributed by atoms with Crippen LogP contribution in [0.15, 0.2) is 53.4 Å². The maximum Gasteiger partial charge on any atom is 0.254 e. The van der Waals surface area contributed by atoms with Crippen LogP contribution in [0.3, 0.4) is 0 Å². The van der Waals surface area contributed by atoms with Crippen LogP contribution in [0, 0.1) is 0 Å². The molecule has 2 aromatic carbocycles. The van der Waals surface area contributed by atoms with E-state index >= 15 is 0 Å². The second-order valence-corrected chi connectivity index (χ2v) is 8.67. The van der Waals surface area contributed by atoms with Crippen LogP contribution in [-0.2, 0) is 10.0 Å². The van der Waals surface area contributed by atoms with Crippen LogP contribution in [-0.4, -0.2) is 59.1 Å². The summed E-state index contributed by atoms with van der Waals surface area (Å²) in [6.07, 6.45) is 0.704. The van der Waals surface area contributed by atoms with Crippen molar-refractivity contribution in [3.05, 3.63) is 54.1 Å². The van der Waals surface area contributed by atoms with Crippen molar-refractivity contribution >= 4 is 21.6 Å². The molecule has 1 saturated heterocycles. The van der Waals surface area contributed by atoms with Gasteiger partial charge < -0.3 is 14.5 Å². The summed E-state index contributed by atoms with van der Waals surface area (Å²) in [6, 6.07) is 14.1. The maximum absolute atomic E-state index is 12.9. The van der Waals surface area contributed by atoms with Crippen molar-refractivity contribution in [3.8, 4) is 5.75 Å². The number of hydrogen-bond acceptors (Lipinski definition) is 5. The third-order valence-corrected chi connectivity index (χ3v) is 6.38. The number of ether oxygens (including phenoxy) is 1. The van der Waals surface area contributed by atoms with Gasteiger partial charge in [0.1, 0.15) is 5.75 Å². The van der Waals surface area contributed by atoms with E-state index in [0.717, 1.165) is 11.4 Å². The predicted molar refractivity (Wildman–Crippen MR) is 113 cm³/mol. The Morgan fingerprint density at radius 3 is 2.48 bits per heavy atom. The third-order valence-electron chi connectivity index (χ3n) is 4.92. The Labute approximate surface area is 172 Å². The van der Waals surface area contributed by atoms with Gasteiger partial charge in [-0.1, -0.05) is 19.1 Å². The molecule has 156 valence electrons. The van der Waals surface area contributed by atoms with Gasteiger partial charge in [-0.15, -0.1) is 0 Å². The largest absolute Gasteiger partial charge is 0.497 e. The van der Waals surface area contributed by atoms with E-state index in [0.29, 0.717) is 44.7 Å². The number of benzene rings is 2. The molecule has 0 aromatic heterocycles. The lowest BCUT2D eigenvalue weighted by atomic mass is 10.1. The lowest BCUT2D eigenvalue weighted by Gasteiger charge is -2.36. The zero-order chi connectivity index (χ0) is 20.9. The fourth-order valence-electron chi connectivity index (χ4n) is 3.27.